The third-order valence-corrected chi connectivity index (χ3v) is 3.57. The number of nitrogens with one attached hydrogen (secondary N) is 1. The Labute approximate surface area is 134 Å². The van der Waals surface area contributed by atoms with Crippen LogP contribution in [-0.2, 0) is 13.6 Å². The molecule has 1 aromatic carbocycles. The fourth-order valence-electron chi connectivity index (χ4n) is 2.40. The predicted molar refractivity (Wildman–Crippen MR) is 84.4 cm³/mol. The molecule has 0 saturated heterocycles. The topological polar surface area (TPSA) is 68.6 Å². The van der Waals surface area contributed by atoms with E-state index in [2.05, 4.69) is 10.4 Å². The summed E-state index contributed by atoms with van der Waals surface area (Å²) in [5.41, 5.74) is 0.983. The molecule has 2 heterocycles. The molecule has 1 N–H and O–H groups in total. The number of hydrogen-bond acceptors (Lipinski definition) is 4. The van der Waals surface area contributed by atoms with Gasteiger partial charge < -0.3 is 19.7 Å². The second-order valence-electron chi connectivity index (χ2n) is 5.56. The van der Waals surface area contributed by atoms with Gasteiger partial charge in [0.1, 0.15) is 6.61 Å². The van der Waals surface area contributed by atoms with Crippen molar-refractivity contribution in [3.8, 4) is 11.5 Å². The van der Waals surface area contributed by atoms with Gasteiger partial charge in [0, 0.05) is 25.9 Å². The van der Waals surface area contributed by atoms with Crippen LogP contribution >= 0.6 is 0 Å². The molecule has 1 aromatic heterocycles. The van der Waals surface area contributed by atoms with E-state index in [1.54, 1.807) is 22.8 Å². The van der Waals surface area contributed by atoms with Gasteiger partial charge in [0.25, 0.3) is 0 Å². The number of rotatable bonds is 4. The monoisotopic (exact) mass is 316 g/mol. The number of aromatic nitrogens is 2. The van der Waals surface area contributed by atoms with Crippen LogP contribution in [0.3, 0.4) is 0 Å². The van der Waals surface area contributed by atoms with E-state index in [1.807, 2.05) is 37.5 Å². The van der Waals surface area contributed by atoms with Gasteiger partial charge in [-0.15, -0.1) is 0 Å². The Hall–Kier alpha value is -2.70. The van der Waals surface area contributed by atoms with Crippen molar-refractivity contribution < 1.29 is 14.3 Å². The first-order chi connectivity index (χ1) is 11.1. The number of aryl methyl sites for hydroxylation is 1. The number of amides is 2. The number of nitrogens with zero attached hydrogens (tertiary/aromatic N) is 3. The largest absolute Gasteiger partial charge is 0.486 e. The molecule has 1 aliphatic rings. The normalized spacial score (nSPS) is 16.0. The van der Waals surface area contributed by atoms with Gasteiger partial charge in [-0.3, -0.25) is 4.68 Å². The standard InChI is InChI=1S/C16H20N4O3/c1-19(9-12-7-18-20(2)10-12)16(21)17-8-13-11-22-14-5-3-4-6-15(14)23-13/h3-7,10,13H,8-9,11H2,1-2H3,(H,17,21)/t13-/m0/s1. The Morgan fingerprint density at radius 2 is 2.22 bits per heavy atom. The van der Waals surface area contributed by atoms with Gasteiger partial charge in [-0.1, -0.05) is 12.1 Å². The Morgan fingerprint density at radius 3 is 2.96 bits per heavy atom. The highest BCUT2D eigenvalue weighted by atomic mass is 16.6. The molecule has 0 unspecified atom stereocenters. The lowest BCUT2D eigenvalue weighted by atomic mass is 10.2. The molecule has 0 saturated carbocycles. The summed E-state index contributed by atoms with van der Waals surface area (Å²) in [4.78, 5) is 13.7. The zero-order valence-electron chi connectivity index (χ0n) is 13.2. The molecule has 2 aromatic rings. The zero-order valence-corrected chi connectivity index (χ0v) is 13.2. The Balaban J connectivity index is 1.47. The second kappa shape index (κ2) is 6.60. The van der Waals surface area contributed by atoms with Gasteiger partial charge in [0.15, 0.2) is 17.6 Å². The molecule has 0 aliphatic carbocycles. The van der Waals surface area contributed by atoms with Gasteiger partial charge in [0.2, 0.25) is 0 Å². The smallest absolute Gasteiger partial charge is 0.317 e. The minimum absolute atomic E-state index is 0.156. The zero-order chi connectivity index (χ0) is 16.2. The van der Waals surface area contributed by atoms with Crippen molar-refractivity contribution in [1.29, 1.82) is 0 Å². The van der Waals surface area contributed by atoms with Crippen LogP contribution in [0.2, 0.25) is 0 Å². The number of benzene rings is 1. The van der Waals surface area contributed by atoms with E-state index in [1.165, 1.54) is 0 Å². The molecule has 0 fully saturated rings. The Kier molecular flexibility index (Phi) is 4.36. The summed E-state index contributed by atoms with van der Waals surface area (Å²) in [5.74, 6) is 1.45. The van der Waals surface area contributed by atoms with E-state index >= 15 is 0 Å². The molecule has 7 nitrogen and oxygen atoms in total. The van der Waals surface area contributed by atoms with E-state index in [4.69, 9.17) is 9.47 Å². The molecule has 0 bridgehead atoms. The lowest BCUT2D eigenvalue weighted by Crippen LogP contribution is -2.44. The number of ether oxygens (including phenoxy) is 2. The number of para-hydroxylation sites is 2. The van der Waals surface area contributed by atoms with Crippen LogP contribution in [0.25, 0.3) is 0 Å². The number of fused-ring (bicyclic) bond motifs is 1. The van der Waals surface area contributed by atoms with Crippen molar-refractivity contribution in [2.24, 2.45) is 7.05 Å². The third-order valence-electron chi connectivity index (χ3n) is 3.57. The van der Waals surface area contributed by atoms with E-state index < -0.39 is 0 Å². The van der Waals surface area contributed by atoms with Crippen LogP contribution in [0.5, 0.6) is 11.5 Å². The van der Waals surface area contributed by atoms with Crippen LogP contribution in [0.1, 0.15) is 5.56 Å². The van der Waals surface area contributed by atoms with Gasteiger partial charge in [-0.25, -0.2) is 4.79 Å². The maximum Gasteiger partial charge on any atom is 0.317 e. The minimum Gasteiger partial charge on any atom is -0.486 e. The molecular weight excluding hydrogens is 296 g/mol. The number of carbonyl (C=O) groups is 1. The predicted octanol–water partition coefficient (Wildman–Crippen LogP) is 1.40. The Morgan fingerprint density at radius 1 is 1.43 bits per heavy atom. The SMILES string of the molecule is CN(Cc1cnn(C)c1)C(=O)NC[C@H]1COc2ccccc2O1. The van der Waals surface area contributed by atoms with Crippen molar-refractivity contribution in [3.05, 3.63) is 42.2 Å². The number of urea groups is 1. The first-order valence-electron chi connectivity index (χ1n) is 7.47. The van der Waals surface area contributed by atoms with Crippen LogP contribution in [0.15, 0.2) is 36.7 Å². The summed E-state index contributed by atoms with van der Waals surface area (Å²) in [6.07, 6.45) is 3.44. The lowest BCUT2D eigenvalue weighted by Gasteiger charge is -2.27. The highest BCUT2D eigenvalue weighted by molar-refractivity contribution is 5.73. The lowest BCUT2D eigenvalue weighted by molar-refractivity contribution is 0.0904. The van der Waals surface area contributed by atoms with Gasteiger partial charge in [-0.05, 0) is 12.1 Å². The maximum absolute atomic E-state index is 12.1. The van der Waals surface area contributed by atoms with Crippen LogP contribution in [0, 0.1) is 0 Å². The fourth-order valence-corrected chi connectivity index (χ4v) is 2.40. The highest BCUT2D eigenvalue weighted by Crippen LogP contribution is 2.30. The molecule has 1 aliphatic heterocycles. The van der Waals surface area contributed by atoms with Crippen molar-refractivity contribution in [2.75, 3.05) is 20.2 Å². The quantitative estimate of drug-likeness (QED) is 0.926. The van der Waals surface area contributed by atoms with Crippen molar-refractivity contribution in [1.82, 2.24) is 20.0 Å². The van der Waals surface area contributed by atoms with Gasteiger partial charge >= 0.3 is 6.03 Å². The van der Waals surface area contributed by atoms with Crippen LogP contribution in [-0.4, -0.2) is 47.0 Å². The average molecular weight is 316 g/mol. The van der Waals surface area contributed by atoms with E-state index in [0.717, 1.165) is 11.3 Å². The van der Waals surface area contributed by atoms with E-state index in [0.29, 0.717) is 25.4 Å². The second-order valence-corrected chi connectivity index (χ2v) is 5.56. The highest BCUT2D eigenvalue weighted by Gasteiger charge is 2.21. The molecule has 122 valence electrons. The van der Waals surface area contributed by atoms with Crippen molar-refractivity contribution >= 4 is 6.03 Å². The van der Waals surface area contributed by atoms with Crippen LogP contribution < -0.4 is 14.8 Å². The van der Waals surface area contributed by atoms with Crippen molar-refractivity contribution in [2.45, 2.75) is 12.6 Å². The fraction of sp³-hybridized carbons (Fsp3) is 0.375. The molecule has 7 heteroatoms. The minimum atomic E-state index is -0.194. The average Bonchev–Trinajstić information content (AvgIpc) is 2.97. The molecule has 1 atom stereocenters. The molecule has 0 radical (unpaired) electrons. The van der Waals surface area contributed by atoms with Gasteiger partial charge in [-0.2, -0.15) is 5.10 Å². The van der Waals surface area contributed by atoms with Gasteiger partial charge in [0.05, 0.1) is 19.3 Å². The molecule has 3 rings (SSSR count). The van der Waals surface area contributed by atoms with Crippen LogP contribution in [0.4, 0.5) is 4.79 Å². The molecule has 0 spiro atoms. The molecular formula is C16H20N4O3. The first kappa shape index (κ1) is 15.2. The van der Waals surface area contributed by atoms with E-state index in [-0.39, 0.29) is 12.1 Å². The first-order valence-corrected chi connectivity index (χ1v) is 7.47. The van der Waals surface area contributed by atoms with Crippen molar-refractivity contribution in [3.63, 3.8) is 0 Å². The van der Waals surface area contributed by atoms with E-state index in [9.17, 15) is 4.79 Å². The summed E-state index contributed by atoms with van der Waals surface area (Å²) in [6.45, 7) is 1.32. The molecule has 23 heavy (non-hydrogen) atoms. The maximum atomic E-state index is 12.1. The molecule has 2 amide bonds. The summed E-state index contributed by atoms with van der Waals surface area (Å²) >= 11 is 0. The summed E-state index contributed by atoms with van der Waals surface area (Å²) in [7, 11) is 3.59. The number of hydrogen-bond donors (Lipinski definition) is 1. The Bertz CT molecular complexity index is 685. The number of carbonyl (C=O) groups excluding carboxylic acids is 1. The summed E-state index contributed by atoms with van der Waals surface area (Å²) < 4.78 is 13.2. The summed E-state index contributed by atoms with van der Waals surface area (Å²) in [6, 6.07) is 7.36. The summed E-state index contributed by atoms with van der Waals surface area (Å²) in [5, 5.41) is 6.96. The third kappa shape index (κ3) is 3.74.